The van der Waals surface area contributed by atoms with Gasteiger partial charge in [-0.1, -0.05) is 19.4 Å². The van der Waals surface area contributed by atoms with E-state index in [4.69, 9.17) is 0 Å². The Morgan fingerprint density at radius 2 is 2.56 bits per heavy atom. The highest BCUT2D eigenvalue weighted by atomic mass is 15.0. The minimum absolute atomic E-state index is 0.944. The second-order valence-electron chi connectivity index (χ2n) is 3.11. The van der Waals surface area contributed by atoms with Crippen LogP contribution in [-0.4, -0.2) is 6.54 Å². The third-order valence-electron chi connectivity index (χ3n) is 2.30. The first-order chi connectivity index (χ1) is 4.40. The van der Waals surface area contributed by atoms with E-state index in [-0.39, 0.29) is 0 Å². The van der Waals surface area contributed by atoms with Gasteiger partial charge in [0.1, 0.15) is 0 Å². The molecule has 0 aromatic rings. The van der Waals surface area contributed by atoms with Gasteiger partial charge in [0.15, 0.2) is 0 Å². The van der Waals surface area contributed by atoms with E-state index >= 15 is 0 Å². The molecule has 2 aliphatic rings. The van der Waals surface area contributed by atoms with Gasteiger partial charge in [0.25, 0.3) is 0 Å². The normalized spacial score (nSPS) is 42.6. The lowest BCUT2D eigenvalue weighted by molar-refractivity contribution is 0.754. The molecular formula is C8H13N. The van der Waals surface area contributed by atoms with Crippen molar-refractivity contribution >= 4 is 0 Å². The lowest BCUT2D eigenvalue weighted by Gasteiger charge is -1.83. The van der Waals surface area contributed by atoms with E-state index in [9.17, 15) is 0 Å². The highest BCUT2D eigenvalue weighted by Crippen LogP contribution is 2.42. The van der Waals surface area contributed by atoms with Gasteiger partial charge >= 0.3 is 0 Å². The first-order valence-electron chi connectivity index (χ1n) is 3.84. The van der Waals surface area contributed by atoms with Gasteiger partial charge < -0.3 is 5.32 Å². The molecule has 2 unspecified atom stereocenters. The van der Waals surface area contributed by atoms with Gasteiger partial charge in [-0.05, 0) is 18.3 Å². The molecule has 50 valence electrons. The molecule has 0 bridgehead atoms. The van der Waals surface area contributed by atoms with Crippen LogP contribution in [0.5, 0.6) is 0 Å². The van der Waals surface area contributed by atoms with Gasteiger partial charge in [-0.3, -0.25) is 0 Å². The molecule has 1 heteroatoms. The van der Waals surface area contributed by atoms with Crippen LogP contribution in [-0.2, 0) is 0 Å². The Kier molecular flexibility index (Phi) is 1.04. The third kappa shape index (κ3) is 1.09. The molecule has 2 rings (SSSR count). The molecule has 0 radical (unpaired) electrons. The molecule has 0 aromatic carbocycles. The van der Waals surface area contributed by atoms with Crippen molar-refractivity contribution in [1.29, 1.82) is 0 Å². The Morgan fingerprint density at radius 1 is 1.78 bits per heavy atom. The summed E-state index contributed by atoms with van der Waals surface area (Å²) in [5.41, 5.74) is 1.48. The maximum absolute atomic E-state index is 3.21. The van der Waals surface area contributed by atoms with E-state index in [0.717, 1.165) is 18.4 Å². The second-order valence-corrected chi connectivity index (χ2v) is 3.11. The molecule has 2 fully saturated rings. The van der Waals surface area contributed by atoms with Crippen LogP contribution in [0.1, 0.15) is 19.8 Å². The molecule has 0 amide bonds. The lowest BCUT2D eigenvalue weighted by Crippen LogP contribution is -1.74. The number of rotatable bonds is 2. The van der Waals surface area contributed by atoms with Gasteiger partial charge in [-0.25, -0.2) is 0 Å². The van der Waals surface area contributed by atoms with Crippen LogP contribution in [0.25, 0.3) is 0 Å². The number of hydrogen-bond donors (Lipinski definition) is 1. The SMILES string of the molecule is CCC1CC1/C=C1/CN1. The summed E-state index contributed by atoms with van der Waals surface area (Å²) in [7, 11) is 0. The van der Waals surface area contributed by atoms with Crippen molar-refractivity contribution in [1.82, 2.24) is 5.32 Å². The van der Waals surface area contributed by atoms with Gasteiger partial charge in [0.2, 0.25) is 0 Å². The summed E-state index contributed by atoms with van der Waals surface area (Å²) in [5, 5.41) is 3.21. The predicted octanol–water partition coefficient (Wildman–Crippen LogP) is 1.52. The molecular weight excluding hydrogens is 110 g/mol. The van der Waals surface area contributed by atoms with Crippen LogP contribution in [0.15, 0.2) is 11.8 Å². The summed E-state index contributed by atoms with van der Waals surface area (Å²) < 4.78 is 0. The molecule has 1 saturated heterocycles. The molecule has 2 atom stereocenters. The van der Waals surface area contributed by atoms with Crippen LogP contribution in [0.3, 0.4) is 0 Å². The zero-order valence-electron chi connectivity index (χ0n) is 5.85. The summed E-state index contributed by atoms with van der Waals surface area (Å²) in [6.45, 7) is 3.44. The fraction of sp³-hybridized carbons (Fsp3) is 0.750. The minimum atomic E-state index is 0.944. The first-order valence-corrected chi connectivity index (χ1v) is 3.84. The van der Waals surface area contributed by atoms with E-state index < -0.39 is 0 Å². The Labute approximate surface area is 56.1 Å². The summed E-state index contributed by atoms with van der Waals surface area (Å²) >= 11 is 0. The first kappa shape index (κ1) is 5.33. The summed E-state index contributed by atoms with van der Waals surface area (Å²) in [4.78, 5) is 0. The average Bonchev–Trinajstić information content (AvgIpc) is 2.66. The fourth-order valence-corrected chi connectivity index (χ4v) is 1.37. The van der Waals surface area contributed by atoms with Crippen LogP contribution in [0.4, 0.5) is 0 Å². The standard InChI is InChI=1S/C8H13N/c1-2-6-3-7(6)4-8-5-9-8/h4,6-7,9H,2-3,5H2,1H3/b8-4-. The molecule has 1 saturated carbocycles. The molecule has 1 nitrogen and oxygen atoms in total. The summed E-state index contributed by atoms with van der Waals surface area (Å²) in [6.07, 6.45) is 5.23. The summed E-state index contributed by atoms with van der Waals surface area (Å²) in [6, 6.07) is 0. The number of nitrogens with one attached hydrogen (secondary N) is 1. The van der Waals surface area contributed by atoms with Crippen LogP contribution < -0.4 is 5.32 Å². The van der Waals surface area contributed by atoms with Gasteiger partial charge in [0.05, 0.1) is 6.54 Å². The molecule has 9 heavy (non-hydrogen) atoms. The fourth-order valence-electron chi connectivity index (χ4n) is 1.37. The third-order valence-corrected chi connectivity index (χ3v) is 2.30. The highest BCUT2D eigenvalue weighted by molar-refractivity contribution is 5.20. The van der Waals surface area contributed by atoms with Crippen molar-refractivity contribution in [3.63, 3.8) is 0 Å². The number of allylic oxidation sites excluding steroid dienone is 1. The van der Waals surface area contributed by atoms with Crippen molar-refractivity contribution in [3.8, 4) is 0 Å². The monoisotopic (exact) mass is 123 g/mol. The Balaban J connectivity index is 1.83. The van der Waals surface area contributed by atoms with Crippen LogP contribution >= 0.6 is 0 Å². The maximum Gasteiger partial charge on any atom is 0.0542 e. The van der Waals surface area contributed by atoms with Gasteiger partial charge in [-0.2, -0.15) is 0 Å². The van der Waals surface area contributed by atoms with E-state index in [1.807, 2.05) is 0 Å². The topological polar surface area (TPSA) is 21.9 Å². The average molecular weight is 123 g/mol. The zero-order chi connectivity index (χ0) is 6.27. The van der Waals surface area contributed by atoms with Gasteiger partial charge in [-0.15, -0.1) is 0 Å². The molecule has 1 aliphatic carbocycles. The Morgan fingerprint density at radius 3 is 3.00 bits per heavy atom. The number of hydrogen-bond acceptors (Lipinski definition) is 1. The molecule has 0 spiro atoms. The van der Waals surface area contributed by atoms with Crippen molar-refractivity contribution in [2.24, 2.45) is 11.8 Å². The molecule has 1 aliphatic heterocycles. The lowest BCUT2D eigenvalue weighted by atomic mass is 10.2. The van der Waals surface area contributed by atoms with Crippen LogP contribution in [0.2, 0.25) is 0 Å². The minimum Gasteiger partial charge on any atom is -0.382 e. The van der Waals surface area contributed by atoms with Crippen molar-refractivity contribution in [2.75, 3.05) is 6.54 Å². The second kappa shape index (κ2) is 1.76. The quantitative estimate of drug-likeness (QED) is 0.552. The summed E-state index contributed by atoms with van der Waals surface area (Å²) in [5.74, 6) is 1.97. The largest absolute Gasteiger partial charge is 0.382 e. The van der Waals surface area contributed by atoms with E-state index in [2.05, 4.69) is 18.3 Å². The predicted molar refractivity (Wildman–Crippen MR) is 38.0 cm³/mol. The van der Waals surface area contributed by atoms with Crippen molar-refractivity contribution in [3.05, 3.63) is 11.8 Å². The Hall–Kier alpha value is -0.460. The molecule has 0 aromatic heterocycles. The molecule has 1 heterocycles. The van der Waals surface area contributed by atoms with Crippen molar-refractivity contribution < 1.29 is 0 Å². The maximum atomic E-state index is 3.21. The highest BCUT2D eigenvalue weighted by Gasteiger charge is 2.34. The van der Waals surface area contributed by atoms with E-state index in [1.54, 1.807) is 0 Å². The van der Waals surface area contributed by atoms with Crippen molar-refractivity contribution in [2.45, 2.75) is 19.8 Å². The zero-order valence-corrected chi connectivity index (χ0v) is 5.85. The van der Waals surface area contributed by atoms with Gasteiger partial charge in [0, 0.05) is 5.70 Å². The van der Waals surface area contributed by atoms with E-state index in [1.165, 1.54) is 18.5 Å². The van der Waals surface area contributed by atoms with Crippen LogP contribution in [0, 0.1) is 11.8 Å². The molecule has 1 N–H and O–H groups in total. The smallest absolute Gasteiger partial charge is 0.0542 e. The van der Waals surface area contributed by atoms with E-state index in [0.29, 0.717) is 0 Å². The Bertz CT molecular complexity index is 143.